The predicted molar refractivity (Wildman–Crippen MR) is 83.1 cm³/mol. The first-order valence-electron chi connectivity index (χ1n) is 8.07. The molecule has 1 aromatic carbocycles. The summed E-state index contributed by atoms with van der Waals surface area (Å²) in [7, 11) is 0. The van der Waals surface area contributed by atoms with E-state index in [4.69, 9.17) is 4.74 Å². The van der Waals surface area contributed by atoms with Crippen molar-refractivity contribution in [2.45, 2.75) is 57.8 Å². The minimum Gasteiger partial charge on any atom is -0.375 e. The Labute approximate surface area is 126 Å². The summed E-state index contributed by atoms with van der Waals surface area (Å²) < 4.78 is 19.4. The third kappa shape index (κ3) is 3.55. The van der Waals surface area contributed by atoms with Crippen molar-refractivity contribution in [3.05, 3.63) is 29.6 Å². The van der Waals surface area contributed by atoms with E-state index in [1.54, 1.807) is 12.1 Å². The molecule has 1 heterocycles. The third-order valence-corrected chi connectivity index (χ3v) is 4.45. The zero-order chi connectivity index (χ0) is 14.8. The molecule has 0 spiro atoms. The summed E-state index contributed by atoms with van der Waals surface area (Å²) in [6.45, 7) is 6.66. The van der Waals surface area contributed by atoms with E-state index >= 15 is 0 Å². The van der Waals surface area contributed by atoms with E-state index in [1.807, 2.05) is 6.07 Å². The van der Waals surface area contributed by atoms with Crippen LogP contribution in [0.1, 0.15) is 38.7 Å². The molecule has 1 aliphatic heterocycles. The monoisotopic (exact) mass is 292 g/mol. The molecule has 2 aliphatic rings. The topological polar surface area (TPSA) is 24.5 Å². The van der Waals surface area contributed by atoms with Crippen LogP contribution in [0.2, 0.25) is 0 Å². The second kappa shape index (κ2) is 6.32. The smallest absolute Gasteiger partial charge is 0.123 e. The number of nitrogens with zero attached hydrogens (tertiary/aromatic N) is 1. The minimum atomic E-state index is -0.152. The summed E-state index contributed by atoms with van der Waals surface area (Å²) in [4.78, 5) is 2.40. The van der Waals surface area contributed by atoms with Gasteiger partial charge in [-0.15, -0.1) is 0 Å². The van der Waals surface area contributed by atoms with Gasteiger partial charge < -0.3 is 15.0 Å². The van der Waals surface area contributed by atoms with E-state index in [0.717, 1.165) is 37.4 Å². The Morgan fingerprint density at radius 2 is 2.19 bits per heavy atom. The first-order chi connectivity index (χ1) is 10.2. The quantitative estimate of drug-likeness (QED) is 0.902. The number of ether oxygens (including phenoxy) is 1. The molecule has 1 aliphatic carbocycles. The van der Waals surface area contributed by atoms with Gasteiger partial charge in [-0.3, -0.25) is 0 Å². The average Bonchev–Trinajstić information content (AvgIpc) is 3.29. The zero-order valence-corrected chi connectivity index (χ0v) is 12.9. The lowest BCUT2D eigenvalue weighted by atomic mass is 10.1. The summed E-state index contributed by atoms with van der Waals surface area (Å²) in [6.07, 6.45) is 3.76. The summed E-state index contributed by atoms with van der Waals surface area (Å²) in [5, 5.41) is 3.50. The fourth-order valence-electron chi connectivity index (χ4n) is 2.99. The van der Waals surface area contributed by atoms with Crippen molar-refractivity contribution in [2.24, 2.45) is 0 Å². The molecule has 116 valence electrons. The number of hydrogen-bond acceptors (Lipinski definition) is 3. The maximum absolute atomic E-state index is 13.6. The maximum atomic E-state index is 13.6. The summed E-state index contributed by atoms with van der Waals surface area (Å²) in [5.74, 6) is -0.152. The lowest BCUT2D eigenvalue weighted by Crippen LogP contribution is -2.49. The molecule has 2 unspecified atom stereocenters. The van der Waals surface area contributed by atoms with Crippen molar-refractivity contribution in [1.82, 2.24) is 5.32 Å². The van der Waals surface area contributed by atoms with Crippen molar-refractivity contribution < 1.29 is 9.13 Å². The second-order valence-electron chi connectivity index (χ2n) is 6.29. The molecule has 0 bridgehead atoms. The average molecular weight is 292 g/mol. The van der Waals surface area contributed by atoms with Gasteiger partial charge in [0.2, 0.25) is 0 Å². The van der Waals surface area contributed by atoms with Gasteiger partial charge in [0.25, 0.3) is 0 Å². The predicted octanol–water partition coefficient (Wildman–Crippen LogP) is 3.08. The van der Waals surface area contributed by atoms with Crippen LogP contribution in [0.25, 0.3) is 0 Å². The molecule has 4 heteroatoms. The Balaban J connectivity index is 1.83. The van der Waals surface area contributed by atoms with Crippen molar-refractivity contribution in [2.75, 3.05) is 18.1 Å². The molecule has 2 atom stereocenters. The highest BCUT2D eigenvalue weighted by Gasteiger charge is 2.28. The van der Waals surface area contributed by atoms with Crippen LogP contribution < -0.4 is 10.2 Å². The first kappa shape index (κ1) is 14.8. The number of nitrogens with one attached hydrogen (secondary N) is 1. The van der Waals surface area contributed by atoms with Crippen LogP contribution >= 0.6 is 0 Å². The standard InChI is InChI=1S/C17H25FN2O/c1-3-16-11-21-12(2)10-20(16)17-7-4-14(18)8-13(17)9-19-15-5-6-15/h4,7-8,12,15-16,19H,3,5-6,9-11H2,1-2H3. The number of rotatable bonds is 5. The van der Waals surface area contributed by atoms with Crippen molar-refractivity contribution in [3.63, 3.8) is 0 Å². The number of benzene rings is 1. The molecule has 3 rings (SSSR count). The van der Waals surface area contributed by atoms with Gasteiger partial charge in [0, 0.05) is 24.8 Å². The van der Waals surface area contributed by atoms with Crippen LogP contribution in [0.15, 0.2) is 18.2 Å². The van der Waals surface area contributed by atoms with Crippen LogP contribution in [0.3, 0.4) is 0 Å². The van der Waals surface area contributed by atoms with E-state index in [2.05, 4.69) is 24.1 Å². The Kier molecular flexibility index (Phi) is 4.45. The van der Waals surface area contributed by atoms with E-state index in [9.17, 15) is 4.39 Å². The molecule has 0 aromatic heterocycles. The van der Waals surface area contributed by atoms with Gasteiger partial charge in [-0.1, -0.05) is 6.92 Å². The van der Waals surface area contributed by atoms with Crippen molar-refractivity contribution in [3.8, 4) is 0 Å². The summed E-state index contributed by atoms with van der Waals surface area (Å²) >= 11 is 0. The molecule has 1 aromatic rings. The Bertz CT molecular complexity index is 490. The molecule has 1 saturated carbocycles. The van der Waals surface area contributed by atoms with Crippen LogP contribution in [-0.4, -0.2) is 31.3 Å². The molecule has 21 heavy (non-hydrogen) atoms. The number of halogens is 1. The molecule has 3 nitrogen and oxygen atoms in total. The number of anilines is 1. The van der Waals surface area contributed by atoms with Crippen molar-refractivity contribution in [1.29, 1.82) is 0 Å². The van der Waals surface area contributed by atoms with Crippen LogP contribution in [0, 0.1) is 5.82 Å². The molecule has 0 radical (unpaired) electrons. The summed E-state index contributed by atoms with van der Waals surface area (Å²) in [5.41, 5.74) is 2.22. The van der Waals surface area contributed by atoms with Crippen LogP contribution in [-0.2, 0) is 11.3 Å². The lowest BCUT2D eigenvalue weighted by molar-refractivity contribution is 0.0299. The lowest BCUT2D eigenvalue weighted by Gasteiger charge is -2.41. The van der Waals surface area contributed by atoms with Gasteiger partial charge in [0.1, 0.15) is 5.82 Å². The molecule has 0 amide bonds. The molecular weight excluding hydrogens is 267 g/mol. The SMILES string of the molecule is CCC1COC(C)CN1c1ccc(F)cc1CNC1CC1. The van der Waals surface area contributed by atoms with Crippen LogP contribution in [0.5, 0.6) is 0 Å². The van der Waals surface area contributed by atoms with E-state index in [1.165, 1.54) is 12.8 Å². The number of hydrogen-bond donors (Lipinski definition) is 1. The van der Waals surface area contributed by atoms with Gasteiger partial charge in [-0.05, 0) is 49.9 Å². The van der Waals surface area contributed by atoms with Crippen molar-refractivity contribution >= 4 is 5.69 Å². The fourth-order valence-corrected chi connectivity index (χ4v) is 2.99. The molecule has 1 saturated heterocycles. The first-order valence-corrected chi connectivity index (χ1v) is 8.07. The largest absolute Gasteiger partial charge is 0.375 e. The van der Waals surface area contributed by atoms with E-state index < -0.39 is 0 Å². The molecule has 2 fully saturated rings. The van der Waals surface area contributed by atoms with E-state index in [0.29, 0.717) is 12.1 Å². The van der Waals surface area contributed by atoms with Gasteiger partial charge in [0.15, 0.2) is 0 Å². The molecular formula is C17H25FN2O. The summed E-state index contributed by atoms with van der Waals surface area (Å²) in [6, 6.07) is 6.19. The zero-order valence-electron chi connectivity index (χ0n) is 12.9. The normalized spacial score (nSPS) is 26.1. The third-order valence-electron chi connectivity index (χ3n) is 4.45. The Morgan fingerprint density at radius 3 is 2.90 bits per heavy atom. The second-order valence-corrected chi connectivity index (χ2v) is 6.29. The highest BCUT2D eigenvalue weighted by Crippen LogP contribution is 2.29. The maximum Gasteiger partial charge on any atom is 0.123 e. The Morgan fingerprint density at radius 1 is 1.38 bits per heavy atom. The van der Waals surface area contributed by atoms with Gasteiger partial charge >= 0.3 is 0 Å². The number of morpholine rings is 1. The Hall–Kier alpha value is -1.13. The van der Waals surface area contributed by atoms with Gasteiger partial charge in [-0.2, -0.15) is 0 Å². The van der Waals surface area contributed by atoms with Crippen LogP contribution in [0.4, 0.5) is 10.1 Å². The van der Waals surface area contributed by atoms with Gasteiger partial charge in [-0.25, -0.2) is 4.39 Å². The highest BCUT2D eigenvalue weighted by molar-refractivity contribution is 5.55. The fraction of sp³-hybridized carbons (Fsp3) is 0.647. The minimum absolute atomic E-state index is 0.152. The highest BCUT2D eigenvalue weighted by atomic mass is 19.1. The van der Waals surface area contributed by atoms with Gasteiger partial charge in [0.05, 0.1) is 18.8 Å². The molecule has 1 N–H and O–H groups in total. The van der Waals surface area contributed by atoms with E-state index in [-0.39, 0.29) is 11.9 Å².